The fourth-order valence-corrected chi connectivity index (χ4v) is 4.00. The second-order valence-electron chi connectivity index (χ2n) is 6.04. The quantitative estimate of drug-likeness (QED) is 0.791. The molecule has 0 aliphatic carbocycles. The first-order valence-corrected chi connectivity index (χ1v) is 9.44. The minimum atomic E-state index is -3.62. The molecular weight excluding hydrogens is 336 g/mol. The molecule has 1 amide bonds. The van der Waals surface area contributed by atoms with Gasteiger partial charge in [-0.3, -0.25) is 4.79 Å². The maximum Gasteiger partial charge on any atom is 0.251 e. The normalized spacial score (nSPS) is 14.3. The van der Waals surface area contributed by atoms with Gasteiger partial charge in [-0.25, -0.2) is 12.7 Å². The molecule has 3 rings (SSSR count). The molecule has 0 unspecified atom stereocenters. The lowest BCUT2D eigenvalue weighted by atomic mass is 10.2. The number of anilines is 1. The first-order chi connectivity index (χ1) is 11.9. The number of amides is 1. The Bertz CT molecular complexity index is 919. The predicted molar refractivity (Wildman–Crippen MR) is 98.8 cm³/mol. The Labute approximate surface area is 148 Å². The van der Waals surface area contributed by atoms with Crippen LogP contribution in [0.15, 0.2) is 59.5 Å². The number of fused-ring (bicyclic) bond motifs is 1. The molecule has 0 fully saturated rings. The minimum absolute atomic E-state index is 0.175. The van der Waals surface area contributed by atoms with Crippen molar-refractivity contribution in [2.24, 2.45) is 0 Å². The van der Waals surface area contributed by atoms with Gasteiger partial charge >= 0.3 is 0 Å². The number of benzene rings is 2. The lowest BCUT2D eigenvalue weighted by Crippen LogP contribution is -2.30. The van der Waals surface area contributed by atoms with Gasteiger partial charge in [0.05, 0.1) is 5.69 Å². The molecule has 0 atom stereocenters. The van der Waals surface area contributed by atoms with Crippen LogP contribution in [-0.2, 0) is 21.2 Å². The monoisotopic (exact) mass is 356 g/mol. The van der Waals surface area contributed by atoms with Gasteiger partial charge in [0.1, 0.15) is 4.90 Å². The number of nitrogens with zero attached hydrogens (tertiary/aromatic N) is 2. The van der Waals surface area contributed by atoms with Gasteiger partial charge < -0.3 is 4.90 Å². The van der Waals surface area contributed by atoms with Gasteiger partial charge in [-0.15, -0.1) is 0 Å². The van der Waals surface area contributed by atoms with Crippen LogP contribution in [0.5, 0.6) is 0 Å². The molecule has 2 aromatic rings. The topological polar surface area (TPSA) is 57.7 Å². The number of sulfonamides is 1. The Balaban J connectivity index is 1.96. The molecule has 25 heavy (non-hydrogen) atoms. The highest BCUT2D eigenvalue weighted by atomic mass is 32.2. The molecule has 2 aromatic carbocycles. The highest BCUT2D eigenvalue weighted by molar-refractivity contribution is 7.89. The average molecular weight is 356 g/mol. The third-order valence-corrected chi connectivity index (χ3v) is 6.05. The summed E-state index contributed by atoms with van der Waals surface area (Å²) in [7, 11) is -0.638. The molecule has 0 saturated carbocycles. The van der Waals surface area contributed by atoms with E-state index in [0.717, 1.165) is 11.1 Å². The van der Waals surface area contributed by atoms with E-state index in [4.69, 9.17) is 0 Å². The zero-order chi connectivity index (χ0) is 18.0. The van der Waals surface area contributed by atoms with E-state index in [2.05, 4.69) is 0 Å². The van der Waals surface area contributed by atoms with E-state index in [0.29, 0.717) is 18.7 Å². The molecule has 0 aromatic heterocycles. The highest BCUT2D eigenvalue weighted by Gasteiger charge is 2.31. The van der Waals surface area contributed by atoms with E-state index in [1.165, 1.54) is 24.5 Å². The molecule has 0 spiro atoms. The number of hydrogen-bond donors (Lipinski definition) is 0. The summed E-state index contributed by atoms with van der Waals surface area (Å²) < 4.78 is 26.4. The number of hydrogen-bond acceptors (Lipinski definition) is 3. The summed E-state index contributed by atoms with van der Waals surface area (Å²) >= 11 is 0. The smallest absolute Gasteiger partial charge is 0.251 e. The van der Waals surface area contributed by atoms with Crippen LogP contribution in [0.4, 0.5) is 5.69 Å². The lowest BCUT2D eigenvalue weighted by molar-refractivity contribution is -0.114. The van der Waals surface area contributed by atoms with Crippen LogP contribution in [0.3, 0.4) is 0 Å². The molecule has 6 heteroatoms. The van der Waals surface area contributed by atoms with Crippen LogP contribution < -0.4 is 4.90 Å². The SMILES string of the molecule is CN(C)S(=O)(=O)c1cccc2c1N(C(=O)C=Cc1ccccc1)CC2. The Morgan fingerprint density at radius 1 is 1.08 bits per heavy atom. The Morgan fingerprint density at radius 3 is 2.48 bits per heavy atom. The molecule has 0 bridgehead atoms. The van der Waals surface area contributed by atoms with Gasteiger partial charge in [0.2, 0.25) is 10.0 Å². The van der Waals surface area contributed by atoms with E-state index < -0.39 is 10.0 Å². The van der Waals surface area contributed by atoms with Crippen molar-refractivity contribution in [2.75, 3.05) is 25.5 Å². The first kappa shape index (κ1) is 17.4. The molecule has 1 heterocycles. The molecule has 1 aliphatic rings. The molecule has 130 valence electrons. The van der Waals surface area contributed by atoms with Crippen LogP contribution >= 0.6 is 0 Å². The standard InChI is InChI=1S/C19H20N2O3S/c1-20(2)25(23,24)17-10-6-9-16-13-14-21(19(16)17)18(22)12-11-15-7-4-3-5-8-15/h3-12H,13-14H2,1-2H3. The maximum atomic E-state index is 12.7. The average Bonchev–Trinajstić information content (AvgIpc) is 3.04. The molecule has 1 aliphatic heterocycles. The predicted octanol–water partition coefficient (Wildman–Crippen LogP) is 2.54. The van der Waals surface area contributed by atoms with Crippen LogP contribution in [0.1, 0.15) is 11.1 Å². The van der Waals surface area contributed by atoms with Crippen LogP contribution in [0.2, 0.25) is 0 Å². The second kappa shape index (κ2) is 6.82. The molecule has 0 saturated heterocycles. The van der Waals surface area contributed by atoms with Gasteiger partial charge in [-0.2, -0.15) is 0 Å². The highest BCUT2D eigenvalue weighted by Crippen LogP contribution is 2.35. The van der Waals surface area contributed by atoms with Crippen molar-refractivity contribution >= 4 is 27.7 Å². The maximum absolute atomic E-state index is 12.7. The van der Waals surface area contributed by atoms with E-state index in [1.54, 1.807) is 23.1 Å². The summed E-state index contributed by atoms with van der Waals surface area (Å²) in [5, 5.41) is 0. The van der Waals surface area contributed by atoms with Gasteiger partial charge in [-0.1, -0.05) is 42.5 Å². The fourth-order valence-electron chi connectivity index (χ4n) is 2.87. The van der Waals surface area contributed by atoms with Gasteiger partial charge in [-0.05, 0) is 29.7 Å². The van der Waals surface area contributed by atoms with E-state index in [1.807, 2.05) is 36.4 Å². The fraction of sp³-hybridized carbons (Fsp3) is 0.211. The van der Waals surface area contributed by atoms with Gasteiger partial charge in [0.25, 0.3) is 5.91 Å². The van der Waals surface area contributed by atoms with Gasteiger partial charge in [0.15, 0.2) is 0 Å². The lowest BCUT2D eigenvalue weighted by Gasteiger charge is -2.21. The Hall–Kier alpha value is -2.44. The number of carbonyl (C=O) groups is 1. The first-order valence-electron chi connectivity index (χ1n) is 8.00. The summed E-state index contributed by atoms with van der Waals surface area (Å²) in [5.41, 5.74) is 2.30. The Morgan fingerprint density at radius 2 is 1.80 bits per heavy atom. The minimum Gasteiger partial charge on any atom is -0.307 e. The Kier molecular flexibility index (Phi) is 4.74. The van der Waals surface area contributed by atoms with Crippen molar-refractivity contribution in [3.63, 3.8) is 0 Å². The molecular formula is C19H20N2O3S. The summed E-state index contributed by atoms with van der Waals surface area (Å²) in [6, 6.07) is 14.7. The van der Waals surface area contributed by atoms with E-state index in [9.17, 15) is 13.2 Å². The second-order valence-corrected chi connectivity index (χ2v) is 8.16. The zero-order valence-electron chi connectivity index (χ0n) is 14.2. The zero-order valence-corrected chi connectivity index (χ0v) is 15.0. The van der Waals surface area contributed by atoms with E-state index >= 15 is 0 Å². The van der Waals surface area contributed by atoms with Crippen molar-refractivity contribution < 1.29 is 13.2 Å². The van der Waals surface area contributed by atoms with Crippen LogP contribution in [0.25, 0.3) is 6.08 Å². The summed E-state index contributed by atoms with van der Waals surface area (Å²) in [6.07, 6.45) is 3.88. The van der Waals surface area contributed by atoms with Crippen molar-refractivity contribution in [3.05, 3.63) is 65.7 Å². The number of para-hydroxylation sites is 1. The third kappa shape index (κ3) is 3.36. The van der Waals surface area contributed by atoms with Crippen molar-refractivity contribution in [1.82, 2.24) is 4.31 Å². The number of rotatable bonds is 4. The van der Waals surface area contributed by atoms with Crippen molar-refractivity contribution in [3.8, 4) is 0 Å². The van der Waals surface area contributed by atoms with Gasteiger partial charge in [0, 0.05) is 26.7 Å². The third-order valence-electron chi connectivity index (χ3n) is 4.20. The summed E-state index contributed by atoms with van der Waals surface area (Å²) in [4.78, 5) is 14.4. The van der Waals surface area contributed by atoms with Crippen LogP contribution in [-0.4, -0.2) is 39.3 Å². The van der Waals surface area contributed by atoms with Crippen molar-refractivity contribution in [2.45, 2.75) is 11.3 Å². The number of carbonyl (C=O) groups excluding carboxylic acids is 1. The molecule has 0 radical (unpaired) electrons. The molecule has 5 nitrogen and oxygen atoms in total. The molecule has 0 N–H and O–H groups in total. The summed E-state index contributed by atoms with van der Waals surface area (Å²) in [5.74, 6) is -0.219. The van der Waals surface area contributed by atoms with Crippen molar-refractivity contribution in [1.29, 1.82) is 0 Å². The van der Waals surface area contributed by atoms with Crippen LogP contribution in [0, 0.1) is 0 Å². The summed E-state index contributed by atoms with van der Waals surface area (Å²) in [6.45, 7) is 0.479. The van der Waals surface area contributed by atoms with E-state index in [-0.39, 0.29) is 10.8 Å². The largest absolute Gasteiger partial charge is 0.307 e.